The van der Waals surface area contributed by atoms with Crippen molar-refractivity contribution in [1.29, 1.82) is 0 Å². The molecule has 1 atom stereocenters. The van der Waals surface area contributed by atoms with Gasteiger partial charge < -0.3 is 10.8 Å². The van der Waals surface area contributed by atoms with Crippen molar-refractivity contribution in [3.8, 4) is 0 Å². The first-order valence-corrected chi connectivity index (χ1v) is 4.80. The zero-order valence-corrected chi connectivity index (χ0v) is 9.50. The summed E-state index contributed by atoms with van der Waals surface area (Å²) in [6.07, 6.45) is 1.59. The molecule has 0 bridgehead atoms. The minimum absolute atomic E-state index is 0.329. The first-order valence-electron chi connectivity index (χ1n) is 4.00. The van der Waals surface area contributed by atoms with Crippen molar-refractivity contribution in [3.63, 3.8) is 0 Å². The molecule has 0 amide bonds. The predicted octanol–water partition coefficient (Wildman–Crippen LogP) is 1.41. The smallest absolute Gasteiger partial charge is 0.329 e. The van der Waals surface area contributed by atoms with Gasteiger partial charge in [-0.2, -0.15) is 0 Å². The second-order valence-corrected chi connectivity index (χ2v) is 4.20. The van der Waals surface area contributed by atoms with Crippen molar-refractivity contribution in [3.05, 3.63) is 28.0 Å². The molecule has 5 heteroatoms. The molecular weight excluding hydrogens is 248 g/mol. The molecule has 4 nitrogen and oxygen atoms in total. The molecule has 0 unspecified atom stereocenters. The number of hydrogen-bond acceptors (Lipinski definition) is 3. The lowest BCUT2D eigenvalue weighted by Crippen LogP contribution is -2.42. The lowest BCUT2D eigenvalue weighted by atomic mass is 9.98. The Bertz CT molecular complexity index is 377. The Morgan fingerprint density at radius 2 is 2.29 bits per heavy atom. The Morgan fingerprint density at radius 3 is 2.71 bits per heavy atom. The quantitative estimate of drug-likeness (QED) is 0.841. The Balaban J connectivity index is 3.26. The maximum atomic E-state index is 10.9. The van der Waals surface area contributed by atoms with Crippen LogP contribution in [-0.2, 0) is 10.3 Å². The number of aryl methyl sites for hydroxylation is 1. The molecule has 0 saturated heterocycles. The van der Waals surface area contributed by atoms with Crippen molar-refractivity contribution in [2.75, 3.05) is 0 Å². The summed E-state index contributed by atoms with van der Waals surface area (Å²) in [5.41, 5.74) is 5.45. The molecule has 76 valence electrons. The number of hydrogen-bond donors (Lipinski definition) is 2. The Labute approximate surface area is 90.3 Å². The number of aliphatic carboxylic acids is 1. The minimum Gasteiger partial charge on any atom is -0.480 e. The maximum absolute atomic E-state index is 10.9. The molecule has 1 heterocycles. The average molecular weight is 259 g/mol. The molecule has 0 aromatic carbocycles. The number of carboxylic acids is 1. The van der Waals surface area contributed by atoms with E-state index in [1.165, 1.54) is 6.92 Å². The van der Waals surface area contributed by atoms with Gasteiger partial charge in [0.1, 0.15) is 0 Å². The molecule has 0 fully saturated rings. The van der Waals surface area contributed by atoms with Crippen molar-refractivity contribution in [1.82, 2.24) is 4.98 Å². The van der Waals surface area contributed by atoms with E-state index >= 15 is 0 Å². The third kappa shape index (κ3) is 1.93. The fourth-order valence-corrected chi connectivity index (χ4v) is 1.89. The fraction of sp³-hybridized carbons (Fsp3) is 0.333. The van der Waals surface area contributed by atoms with Gasteiger partial charge in [0, 0.05) is 10.7 Å². The van der Waals surface area contributed by atoms with Crippen LogP contribution in [-0.4, -0.2) is 16.1 Å². The van der Waals surface area contributed by atoms with E-state index in [4.69, 9.17) is 10.8 Å². The Hall–Kier alpha value is -0.940. The highest BCUT2D eigenvalue weighted by atomic mass is 79.9. The first kappa shape index (κ1) is 11.1. The van der Waals surface area contributed by atoms with E-state index in [1.807, 2.05) is 6.92 Å². The van der Waals surface area contributed by atoms with Crippen LogP contribution in [0.2, 0.25) is 0 Å². The number of nitrogens with two attached hydrogens (primary N) is 1. The highest BCUT2D eigenvalue weighted by Gasteiger charge is 2.33. The van der Waals surface area contributed by atoms with Crippen LogP contribution in [0.5, 0.6) is 0 Å². The van der Waals surface area contributed by atoms with Crippen LogP contribution in [0, 0.1) is 6.92 Å². The monoisotopic (exact) mass is 258 g/mol. The second kappa shape index (κ2) is 3.67. The molecule has 0 aliphatic carbocycles. The van der Waals surface area contributed by atoms with Crippen molar-refractivity contribution in [2.24, 2.45) is 5.73 Å². The van der Waals surface area contributed by atoms with Crippen LogP contribution in [0.25, 0.3) is 0 Å². The van der Waals surface area contributed by atoms with E-state index in [2.05, 4.69) is 20.9 Å². The molecule has 3 N–H and O–H groups in total. The number of halogens is 1. The van der Waals surface area contributed by atoms with E-state index in [-0.39, 0.29) is 0 Å². The standard InChI is InChI=1S/C9H11BrN2O2/c1-5-3-6(10)7(12-4-5)9(2,11)8(13)14/h3-4H,11H2,1-2H3,(H,13,14)/t9-/m0/s1. The van der Waals surface area contributed by atoms with Gasteiger partial charge in [0.25, 0.3) is 0 Å². The third-order valence-corrected chi connectivity index (χ3v) is 2.52. The minimum atomic E-state index is -1.47. The van der Waals surface area contributed by atoms with Gasteiger partial charge in [-0.15, -0.1) is 0 Å². The molecule has 14 heavy (non-hydrogen) atoms. The van der Waals surface area contributed by atoms with Gasteiger partial charge in [0.2, 0.25) is 0 Å². The molecule has 0 aliphatic heterocycles. The molecular formula is C9H11BrN2O2. The molecule has 1 aromatic rings. The van der Waals surface area contributed by atoms with Gasteiger partial charge in [-0.1, -0.05) is 0 Å². The normalized spacial score (nSPS) is 14.9. The van der Waals surface area contributed by atoms with Crippen molar-refractivity contribution in [2.45, 2.75) is 19.4 Å². The van der Waals surface area contributed by atoms with E-state index in [9.17, 15) is 4.79 Å². The summed E-state index contributed by atoms with van der Waals surface area (Å²) in [5.74, 6) is -1.10. The van der Waals surface area contributed by atoms with Gasteiger partial charge >= 0.3 is 5.97 Å². The topological polar surface area (TPSA) is 76.2 Å². The van der Waals surface area contributed by atoms with E-state index in [0.29, 0.717) is 10.2 Å². The lowest BCUT2D eigenvalue weighted by molar-refractivity contribution is -0.143. The van der Waals surface area contributed by atoms with Crippen LogP contribution >= 0.6 is 15.9 Å². The van der Waals surface area contributed by atoms with E-state index < -0.39 is 11.5 Å². The highest BCUT2D eigenvalue weighted by molar-refractivity contribution is 9.10. The molecule has 0 aliphatic rings. The first-order chi connectivity index (χ1) is 6.35. The van der Waals surface area contributed by atoms with Crippen LogP contribution in [0.3, 0.4) is 0 Å². The summed E-state index contributed by atoms with van der Waals surface area (Å²) in [7, 11) is 0. The zero-order chi connectivity index (χ0) is 10.9. The molecule has 1 aromatic heterocycles. The van der Waals surface area contributed by atoms with Crippen molar-refractivity contribution >= 4 is 21.9 Å². The summed E-state index contributed by atoms with van der Waals surface area (Å²) < 4.78 is 0.616. The summed E-state index contributed by atoms with van der Waals surface area (Å²) in [6.45, 7) is 3.29. The summed E-state index contributed by atoms with van der Waals surface area (Å²) in [4.78, 5) is 14.9. The number of carboxylic acid groups (broad SMARTS) is 1. The van der Waals surface area contributed by atoms with Gasteiger partial charge in [-0.3, -0.25) is 4.98 Å². The van der Waals surface area contributed by atoms with E-state index in [1.54, 1.807) is 12.3 Å². The predicted molar refractivity (Wildman–Crippen MR) is 55.8 cm³/mol. The third-order valence-electron chi connectivity index (χ3n) is 1.91. The Morgan fingerprint density at radius 1 is 1.71 bits per heavy atom. The van der Waals surface area contributed by atoms with Gasteiger partial charge in [0.15, 0.2) is 5.54 Å². The van der Waals surface area contributed by atoms with Gasteiger partial charge in [-0.25, -0.2) is 4.79 Å². The summed E-state index contributed by atoms with van der Waals surface area (Å²) in [5, 5.41) is 8.90. The highest BCUT2D eigenvalue weighted by Crippen LogP contribution is 2.25. The number of aromatic nitrogens is 1. The second-order valence-electron chi connectivity index (χ2n) is 3.35. The summed E-state index contributed by atoms with van der Waals surface area (Å²) in [6, 6.07) is 1.79. The maximum Gasteiger partial charge on any atom is 0.329 e. The fourth-order valence-electron chi connectivity index (χ4n) is 1.02. The molecule has 0 radical (unpaired) electrons. The van der Waals surface area contributed by atoms with E-state index in [0.717, 1.165) is 5.56 Å². The average Bonchev–Trinajstić information content (AvgIpc) is 2.02. The number of nitrogens with zero attached hydrogens (tertiary/aromatic N) is 1. The van der Waals surface area contributed by atoms with Gasteiger partial charge in [-0.05, 0) is 41.4 Å². The number of carbonyl (C=O) groups is 1. The lowest BCUT2D eigenvalue weighted by Gasteiger charge is -2.19. The number of rotatable bonds is 2. The molecule has 1 rings (SSSR count). The SMILES string of the molecule is Cc1cnc([C@](C)(N)C(=O)O)c(Br)c1. The zero-order valence-electron chi connectivity index (χ0n) is 7.91. The largest absolute Gasteiger partial charge is 0.480 e. The van der Waals surface area contributed by atoms with Crippen LogP contribution in [0.4, 0.5) is 0 Å². The molecule has 0 spiro atoms. The summed E-state index contributed by atoms with van der Waals surface area (Å²) >= 11 is 3.25. The van der Waals surface area contributed by atoms with Crippen LogP contribution in [0.1, 0.15) is 18.2 Å². The Kier molecular flexibility index (Phi) is 2.92. The number of pyridine rings is 1. The van der Waals surface area contributed by atoms with Crippen LogP contribution < -0.4 is 5.73 Å². The van der Waals surface area contributed by atoms with Crippen molar-refractivity contribution < 1.29 is 9.90 Å². The van der Waals surface area contributed by atoms with Crippen LogP contribution in [0.15, 0.2) is 16.7 Å². The van der Waals surface area contributed by atoms with Gasteiger partial charge in [0.05, 0.1) is 5.69 Å². The molecule has 0 saturated carbocycles.